The van der Waals surface area contributed by atoms with Gasteiger partial charge in [-0.25, -0.2) is 10.4 Å². The van der Waals surface area contributed by atoms with Crippen LogP contribution < -0.4 is 15.6 Å². The second-order valence-corrected chi connectivity index (χ2v) is 26.5. The summed E-state index contributed by atoms with van der Waals surface area (Å²) in [7, 11) is 3.82. The highest BCUT2D eigenvalue weighted by atomic mass is 32.1. The molecule has 3 amide bonds. The van der Waals surface area contributed by atoms with Crippen molar-refractivity contribution in [2.24, 2.45) is 22.7 Å². The molecule has 8 aliphatic rings. The first-order chi connectivity index (χ1) is 38.0. The van der Waals surface area contributed by atoms with Gasteiger partial charge in [0, 0.05) is 117 Å². The molecule has 6 bridgehead atoms. The van der Waals surface area contributed by atoms with Crippen molar-refractivity contribution in [3.05, 3.63) is 52.1 Å². The number of anilines is 1. The minimum absolute atomic E-state index is 0.0143. The average molecular weight is 1100 g/mol. The van der Waals surface area contributed by atoms with E-state index < -0.39 is 29.5 Å². The molecule has 1 spiro atoms. The number of hydrogen-bond donors (Lipinski definition) is 2. The summed E-state index contributed by atoms with van der Waals surface area (Å²) in [6, 6.07) is 7.44. The number of benzene rings is 1. The molecule has 7 fully saturated rings. The first-order valence-electron chi connectivity index (χ1n) is 29.5. The van der Waals surface area contributed by atoms with E-state index in [2.05, 4.69) is 118 Å². The van der Waals surface area contributed by atoms with E-state index >= 15 is 0 Å². The van der Waals surface area contributed by atoms with Gasteiger partial charge >= 0.3 is 5.97 Å². The van der Waals surface area contributed by atoms with Crippen LogP contribution in [0.25, 0.3) is 33.4 Å². The number of methoxy groups -OCH3 is 1. The van der Waals surface area contributed by atoms with Gasteiger partial charge in [-0.15, -0.1) is 11.3 Å². The molecule has 3 aromatic heterocycles. The fourth-order valence-corrected chi connectivity index (χ4v) is 15.3. The van der Waals surface area contributed by atoms with Crippen LogP contribution in [0.5, 0.6) is 0 Å². The number of morpholine rings is 1. The van der Waals surface area contributed by atoms with E-state index in [1.54, 1.807) is 7.11 Å². The predicted octanol–water partition coefficient (Wildman–Crippen LogP) is 5.76. The normalized spacial score (nSPS) is 29.5. The Hall–Kier alpha value is -5.02. The van der Waals surface area contributed by atoms with Crippen molar-refractivity contribution >= 4 is 51.6 Å². The van der Waals surface area contributed by atoms with Gasteiger partial charge < -0.3 is 33.9 Å². The van der Waals surface area contributed by atoms with Crippen molar-refractivity contribution in [2.75, 3.05) is 97.8 Å². The molecule has 1 saturated carbocycles. The summed E-state index contributed by atoms with van der Waals surface area (Å²) < 4.78 is 20.7. The largest absolute Gasteiger partial charge is 0.464 e. The number of aromatic nitrogens is 3. The number of fused-ring (bicyclic) bond motifs is 7. The summed E-state index contributed by atoms with van der Waals surface area (Å²) in [5.41, 5.74) is 10.7. The Kier molecular flexibility index (Phi) is 15.0. The number of rotatable bonds is 11. The number of nitrogens with zero attached hydrogens (tertiary/aromatic N) is 9. The van der Waals surface area contributed by atoms with Gasteiger partial charge in [-0.2, -0.15) is 0 Å². The molecule has 7 aliphatic heterocycles. The Balaban J connectivity index is 0.860. The summed E-state index contributed by atoms with van der Waals surface area (Å²) in [6.45, 7) is 22.0. The Morgan fingerprint density at radius 1 is 1.01 bits per heavy atom. The lowest BCUT2D eigenvalue weighted by Crippen LogP contribution is -2.62. The van der Waals surface area contributed by atoms with Gasteiger partial charge in [0.05, 0.1) is 72.0 Å². The number of likely N-dealkylation sites (tertiary alicyclic amines) is 2. The van der Waals surface area contributed by atoms with Gasteiger partial charge in [-0.3, -0.25) is 43.9 Å². The third kappa shape index (κ3) is 10.6. The molecule has 1 aromatic carbocycles. The topological polar surface area (TPSA) is 170 Å². The van der Waals surface area contributed by atoms with Crippen molar-refractivity contribution in [1.82, 2.24) is 49.9 Å². The van der Waals surface area contributed by atoms with Gasteiger partial charge in [-0.1, -0.05) is 33.8 Å². The summed E-state index contributed by atoms with van der Waals surface area (Å²) in [4.78, 5) is 80.0. The van der Waals surface area contributed by atoms with E-state index in [1.165, 1.54) is 29.2 Å². The van der Waals surface area contributed by atoms with E-state index in [0.29, 0.717) is 50.4 Å². The maximum Gasteiger partial charge on any atom is 0.324 e. The zero-order chi connectivity index (χ0) is 55.1. The second-order valence-electron chi connectivity index (χ2n) is 25.5. The second kappa shape index (κ2) is 21.7. The molecule has 426 valence electrons. The average Bonchev–Trinajstić information content (AvgIpc) is 3.87. The predicted molar refractivity (Wildman–Crippen MR) is 304 cm³/mol. The van der Waals surface area contributed by atoms with Crippen molar-refractivity contribution < 1.29 is 33.4 Å². The maximum atomic E-state index is 15.0. The lowest BCUT2D eigenvalue weighted by molar-refractivity contribution is -0.155. The first-order valence-corrected chi connectivity index (χ1v) is 30.4. The number of piperazine rings is 1. The molecule has 18 nitrogen and oxygen atoms in total. The molecular weight excluding hydrogens is 1020 g/mol. The van der Waals surface area contributed by atoms with Crippen LogP contribution in [0.4, 0.5) is 5.69 Å². The van der Waals surface area contributed by atoms with Gasteiger partial charge in [-0.05, 0) is 108 Å². The minimum atomic E-state index is -0.956. The van der Waals surface area contributed by atoms with Crippen molar-refractivity contribution in [2.45, 2.75) is 142 Å². The van der Waals surface area contributed by atoms with Crippen molar-refractivity contribution in [3.8, 4) is 22.5 Å². The quantitative estimate of drug-likeness (QED) is 0.137. The van der Waals surface area contributed by atoms with Crippen LogP contribution in [0.15, 0.2) is 35.8 Å². The van der Waals surface area contributed by atoms with E-state index in [-0.39, 0.29) is 54.2 Å². The van der Waals surface area contributed by atoms with E-state index in [9.17, 15) is 19.2 Å². The number of likely N-dealkylation sites (N-methyl/N-ethyl adjacent to an activating group) is 1. The molecule has 12 rings (SSSR count). The SMILES string of the molecule is CCn1c(-c2cc(N3CCN4CCOC[C@@H]4C3)cnc2[C@H](C)OC)c2c3cc(ccc31)-c1csc(n1)C[C@H](NC(=O)[C@H](C(C)C)N1CC[C@]3(CCN(C(=O)[C@H]4[C@@H](C5CC5)N4C)C3)C1)C(=O)N1CCC[C@H](N1)C(=O)OCC(C)(C)C2. The van der Waals surface area contributed by atoms with Crippen LogP contribution in [0.2, 0.25) is 0 Å². The molecular formula is C60H83N11O7S. The smallest absolute Gasteiger partial charge is 0.324 e. The number of pyridine rings is 1. The Morgan fingerprint density at radius 3 is 2.62 bits per heavy atom. The summed E-state index contributed by atoms with van der Waals surface area (Å²) in [6.07, 6.45) is 7.87. The molecule has 19 heteroatoms. The number of cyclic esters (lactones) is 1. The van der Waals surface area contributed by atoms with Gasteiger partial charge in [0.2, 0.25) is 11.8 Å². The third-order valence-corrected chi connectivity index (χ3v) is 19.9. The monoisotopic (exact) mass is 1100 g/mol. The molecule has 6 saturated heterocycles. The van der Waals surface area contributed by atoms with E-state index in [1.807, 2.05) is 6.20 Å². The fraction of sp³-hybridized carbons (Fsp3) is 0.667. The standard InChI is InChI=1S/C60H83N11O7S/c1-9-70-48-15-14-39-25-42(48)44(53(70)43-26-40(29-61-50(43)37(4)76-8)67-22-21-66-23-24-77-31-41(66)30-67)28-59(5,6)35-78-58(75)45-11-10-18-71(64-45)56(73)46(27-49-62-47(39)32-79-49)63-55(72)51(36(2)3)68-19-16-60(33-68)17-20-69(34-60)57(74)54-52(65(54)7)38-12-13-38/h14-15,25-26,29,32,36-38,41,45-46,51-52,54,64H,9-13,16-24,27-28,30-31,33-35H2,1-8H3,(H,63,72)/t37-,41-,45-,46-,51-,52+,54+,60-,65?/m0/s1. The number of thiazole rings is 1. The summed E-state index contributed by atoms with van der Waals surface area (Å²) >= 11 is 1.49. The van der Waals surface area contributed by atoms with Crippen LogP contribution in [0.1, 0.15) is 102 Å². The number of carbonyl (C=O) groups excluding carboxylic acids is 4. The maximum absolute atomic E-state index is 15.0. The third-order valence-electron chi connectivity index (χ3n) is 19.0. The van der Waals surface area contributed by atoms with Crippen LogP contribution in [-0.2, 0) is 52.8 Å². The van der Waals surface area contributed by atoms with Gasteiger partial charge in [0.15, 0.2) is 0 Å². The fourth-order valence-electron chi connectivity index (χ4n) is 14.5. The zero-order valence-electron chi connectivity index (χ0n) is 47.8. The number of nitrogens with one attached hydrogen (secondary N) is 2. The van der Waals surface area contributed by atoms with Gasteiger partial charge in [0.1, 0.15) is 18.1 Å². The highest BCUT2D eigenvalue weighted by Crippen LogP contribution is 2.49. The number of hydrazine groups is 1. The number of amides is 3. The molecule has 79 heavy (non-hydrogen) atoms. The number of carbonyl (C=O) groups is 4. The van der Waals surface area contributed by atoms with E-state index in [4.69, 9.17) is 24.2 Å². The van der Waals surface area contributed by atoms with Crippen LogP contribution in [-0.4, -0.2) is 192 Å². The number of esters is 1. The summed E-state index contributed by atoms with van der Waals surface area (Å²) in [5.74, 6) is -0.0244. The van der Waals surface area contributed by atoms with Crippen molar-refractivity contribution in [3.63, 3.8) is 0 Å². The number of ether oxygens (including phenoxy) is 3. The highest BCUT2D eigenvalue weighted by molar-refractivity contribution is 7.10. The van der Waals surface area contributed by atoms with Crippen LogP contribution in [0.3, 0.4) is 0 Å². The Labute approximate surface area is 469 Å². The molecule has 1 aliphatic carbocycles. The minimum Gasteiger partial charge on any atom is -0.464 e. The van der Waals surface area contributed by atoms with Crippen LogP contribution in [0, 0.1) is 22.7 Å². The molecule has 1 unspecified atom stereocenters. The first kappa shape index (κ1) is 54.6. The van der Waals surface area contributed by atoms with Crippen molar-refractivity contribution in [1.29, 1.82) is 0 Å². The summed E-state index contributed by atoms with van der Waals surface area (Å²) in [5, 5.41) is 8.66. The van der Waals surface area contributed by atoms with E-state index in [0.717, 1.165) is 134 Å². The molecule has 9 atom stereocenters. The zero-order valence-corrected chi connectivity index (χ0v) is 48.6. The highest BCUT2D eigenvalue weighted by Gasteiger charge is 2.59. The molecule has 2 N–H and O–H groups in total. The van der Waals surface area contributed by atoms with Crippen LogP contribution >= 0.6 is 11.3 Å². The molecule has 10 heterocycles. The number of hydrogen-bond acceptors (Lipinski definition) is 15. The molecule has 0 radical (unpaired) electrons. The lowest BCUT2D eigenvalue weighted by Gasteiger charge is -2.44. The van der Waals surface area contributed by atoms with Gasteiger partial charge in [0.25, 0.3) is 5.91 Å². The molecule has 4 aromatic rings. The Bertz CT molecular complexity index is 2970. The Morgan fingerprint density at radius 2 is 1.84 bits per heavy atom. The number of aryl methyl sites for hydroxylation is 1. The lowest BCUT2D eigenvalue weighted by atomic mass is 9.84.